The Hall–Kier alpha value is -1.29. The fraction of sp³-hybridized carbons (Fsp3) is 0.500. The molecule has 0 spiro atoms. The van der Waals surface area contributed by atoms with E-state index in [0.717, 1.165) is 19.4 Å². The summed E-state index contributed by atoms with van der Waals surface area (Å²) in [5, 5.41) is 9.99. The van der Waals surface area contributed by atoms with Crippen LogP contribution < -0.4 is 10.6 Å². The summed E-state index contributed by atoms with van der Waals surface area (Å²) in [4.78, 5) is 1.95. The largest absolute Gasteiger partial charge is 0.397 e. The third kappa shape index (κ3) is 2.27. The molecule has 0 aliphatic carbocycles. The van der Waals surface area contributed by atoms with Gasteiger partial charge in [-0.25, -0.2) is 4.39 Å². The molecule has 0 saturated carbocycles. The zero-order chi connectivity index (χ0) is 11.8. The maximum Gasteiger partial charge on any atom is 0.125 e. The first-order valence-corrected chi connectivity index (χ1v) is 5.50. The Morgan fingerprint density at radius 3 is 2.94 bits per heavy atom. The summed E-state index contributed by atoms with van der Waals surface area (Å²) >= 11 is 0. The second-order valence-electron chi connectivity index (χ2n) is 4.73. The molecule has 0 bridgehead atoms. The molecule has 0 aromatic heterocycles. The van der Waals surface area contributed by atoms with Crippen molar-refractivity contribution in [1.82, 2.24) is 0 Å². The van der Waals surface area contributed by atoms with Crippen LogP contribution in [0.5, 0.6) is 0 Å². The highest BCUT2D eigenvalue weighted by molar-refractivity contribution is 5.67. The van der Waals surface area contributed by atoms with Gasteiger partial charge in [-0.05, 0) is 38.0 Å². The Morgan fingerprint density at radius 1 is 1.50 bits per heavy atom. The van der Waals surface area contributed by atoms with Crippen LogP contribution in [0.25, 0.3) is 0 Å². The maximum atomic E-state index is 13.2. The molecule has 1 unspecified atom stereocenters. The summed E-state index contributed by atoms with van der Waals surface area (Å²) < 4.78 is 13.2. The van der Waals surface area contributed by atoms with Gasteiger partial charge in [0.05, 0.1) is 17.0 Å². The van der Waals surface area contributed by atoms with E-state index in [4.69, 9.17) is 5.73 Å². The molecular weight excluding hydrogens is 207 g/mol. The molecule has 16 heavy (non-hydrogen) atoms. The lowest BCUT2D eigenvalue weighted by Crippen LogP contribution is -2.46. The van der Waals surface area contributed by atoms with Crippen molar-refractivity contribution in [1.29, 1.82) is 0 Å². The molecule has 1 saturated heterocycles. The van der Waals surface area contributed by atoms with Gasteiger partial charge in [-0.3, -0.25) is 0 Å². The molecule has 88 valence electrons. The number of hydrogen-bond donors (Lipinski definition) is 2. The summed E-state index contributed by atoms with van der Waals surface area (Å²) in [5.74, 6) is -0.297. The van der Waals surface area contributed by atoms with E-state index in [1.54, 1.807) is 13.0 Å². The number of benzene rings is 1. The average molecular weight is 224 g/mol. The van der Waals surface area contributed by atoms with Crippen LogP contribution in [0.15, 0.2) is 18.2 Å². The van der Waals surface area contributed by atoms with E-state index in [1.165, 1.54) is 12.1 Å². The lowest BCUT2D eigenvalue weighted by Gasteiger charge is -2.38. The minimum Gasteiger partial charge on any atom is -0.397 e. The number of nitrogen functional groups attached to an aromatic ring is 1. The number of nitrogens with two attached hydrogens (primary N) is 1. The highest BCUT2D eigenvalue weighted by Crippen LogP contribution is 2.30. The van der Waals surface area contributed by atoms with Crippen LogP contribution in [0.3, 0.4) is 0 Å². The van der Waals surface area contributed by atoms with Crippen LogP contribution in [-0.4, -0.2) is 23.8 Å². The lowest BCUT2D eigenvalue weighted by atomic mass is 9.94. The van der Waals surface area contributed by atoms with E-state index >= 15 is 0 Å². The predicted octanol–water partition coefficient (Wildman–Crippen LogP) is 1.76. The topological polar surface area (TPSA) is 49.5 Å². The van der Waals surface area contributed by atoms with Crippen molar-refractivity contribution in [2.45, 2.75) is 25.4 Å². The van der Waals surface area contributed by atoms with Crippen molar-refractivity contribution in [3.63, 3.8) is 0 Å². The van der Waals surface area contributed by atoms with Gasteiger partial charge < -0.3 is 15.7 Å². The molecule has 3 nitrogen and oxygen atoms in total. The Morgan fingerprint density at radius 2 is 2.25 bits per heavy atom. The zero-order valence-corrected chi connectivity index (χ0v) is 9.41. The summed E-state index contributed by atoms with van der Waals surface area (Å²) in [5.41, 5.74) is 6.34. The molecule has 1 aromatic carbocycles. The Balaban J connectivity index is 2.26. The number of nitrogens with zero attached hydrogens (tertiary/aromatic N) is 1. The predicted molar refractivity (Wildman–Crippen MR) is 62.9 cm³/mol. The van der Waals surface area contributed by atoms with E-state index < -0.39 is 5.60 Å². The first kappa shape index (κ1) is 11.2. The summed E-state index contributed by atoms with van der Waals surface area (Å²) in [6.07, 6.45) is 1.67. The Kier molecular flexibility index (Phi) is 2.76. The van der Waals surface area contributed by atoms with Crippen molar-refractivity contribution in [2.75, 3.05) is 23.7 Å². The summed E-state index contributed by atoms with van der Waals surface area (Å²) in [7, 11) is 0. The van der Waals surface area contributed by atoms with Crippen LogP contribution in [0.2, 0.25) is 0 Å². The van der Waals surface area contributed by atoms with Crippen LogP contribution in [0, 0.1) is 5.82 Å². The van der Waals surface area contributed by atoms with Gasteiger partial charge >= 0.3 is 0 Å². The van der Waals surface area contributed by atoms with Gasteiger partial charge in [0.2, 0.25) is 0 Å². The number of hydrogen-bond acceptors (Lipinski definition) is 3. The van der Waals surface area contributed by atoms with Gasteiger partial charge in [-0.1, -0.05) is 0 Å². The van der Waals surface area contributed by atoms with E-state index in [2.05, 4.69) is 0 Å². The molecule has 3 N–H and O–H groups in total. The van der Waals surface area contributed by atoms with E-state index in [9.17, 15) is 9.50 Å². The van der Waals surface area contributed by atoms with Crippen molar-refractivity contribution in [2.24, 2.45) is 0 Å². The zero-order valence-electron chi connectivity index (χ0n) is 9.41. The van der Waals surface area contributed by atoms with E-state index in [0.29, 0.717) is 17.9 Å². The molecule has 1 atom stereocenters. The minimum atomic E-state index is -0.711. The van der Waals surface area contributed by atoms with Gasteiger partial charge in [0.15, 0.2) is 0 Å². The number of anilines is 2. The quantitative estimate of drug-likeness (QED) is 0.715. The normalized spacial score (nSPS) is 25.8. The molecule has 0 radical (unpaired) electrons. The summed E-state index contributed by atoms with van der Waals surface area (Å²) in [6, 6.07) is 4.34. The van der Waals surface area contributed by atoms with Gasteiger partial charge in [0.1, 0.15) is 5.82 Å². The minimum absolute atomic E-state index is 0.297. The van der Waals surface area contributed by atoms with E-state index in [-0.39, 0.29) is 5.82 Å². The molecule has 4 heteroatoms. The van der Waals surface area contributed by atoms with E-state index in [1.807, 2.05) is 4.90 Å². The molecule has 1 fully saturated rings. The van der Waals surface area contributed by atoms with Gasteiger partial charge in [-0.2, -0.15) is 0 Å². The average Bonchev–Trinajstić information content (AvgIpc) is 2.20. The van der Waals surface area contributed by atoms with Crippen molar-refractivity contribution >= 4 is 11.4 Å². The van der Waals surface area contributed by atoms with Crippen molar-refractivity contribution in [3.05, 3.63) is 24.0 Å². The second-order valence-corrected chi connectivity index (χ2v) is 4.73. The number of aliphatic hydroxyl groups is 1. The standard InChI is InChI=1S/C12H17FN2O/c1-12(16)5-2-6-15(8-12)11-7-9(13)3-4-10(11)14/h3-4,7,16H,2,5-6,8,14H2,1H3. The van der Waals surface area contributed by atoms with Gasteiger partial charge in [-0.15, -0.1) is 0 Å². The van der Waals surface area contributed by atoms with Crippen LogP contribution in [-0.2, 0) is 0 Å². The molecular formula is C12H17FN2O. The smallest absolute Gasteiger partial charge is 0.125 e. The maximum absolute atomic E-state index is 13.2. The fourth-order valence-electron chi connectivity index (χ4n) is 2.22. The van der Waals surface area contributed by atoms with Crippen LogP contribution in [0.4, 0.5) is 15.8 Å². The Labute approximate surface area is 94.7 Å². The molecule has 1 aromatic rings. The van der Waals surface area contributed by atoms with Gasteiger partial charge in [0, 0.05) is 13.1 Å². The third-order valence-electron chi connectivity index (χ3n) is 3.01. The third-order valence-corrected chi connectivity index (χ3v) is 3.01. The lowest BCUT2D eigenvalue weighted by molar-refractivity contribution is 0.0449. The fourth-order valence-corrected chi connectivity index (χ4v) is 2.22. The van der Waals surface area contributed by atoms with Crippen LogP contribution in [0.1, 0.15) is 19.8 Å². The van der Waals surface area contributed by atoms with Crippen molar-refractivity contribution < 1.29 is 9.50 Å². The number of piperidine rings is 1. The first-order chi connectivity index (χ1) is 7.48. The SMILES string of the molecule is CC1(O)CCCN(c2cc(F)ccc2N)C1. The van der Waals surface area contributed by atoms with Crippen LogP contribution >= 0.6 is 0 Å². The first-order valence-electron chi connectivity index (χ1n) is 5.50. The molecule has 0 amide bonds. The number of β-amino-alcohol motifs (C(OH)–C–C–N with tert-alkyl or cyclic N) is 1. The van der Waals surface area contributed by atoms with Gasteiger partial charge in [0.25, 0.3) is 0 Å². The molecule has 2 rings (SSSR count). The highest BCUT2D eigenvalue weighted by atomic mass is 19.1. The molecule has 1 aliphatic rings. The molecule has 1 aliphatic heterocycles. The van der Waals surface area contributed by atoms with Crippen molar-refractivity contribution in [3.8, 4) is 0 Å². The highest BCUT2D eigenvalue weighted by Gasteiger charge is 2.29. The monoisotopic (exact) mass is 224 g/mol. The second kappa shape index (κ2) is 3.94. The summed E-state index contributed by atoms with van der Waals surface area (Å²) in [6.45, 7) is 3.11. The molecule has 1 heterocycles. The number of halogens is 1. The number of rotatable bonds is 1. The Bertz CT molecular complexity index is 393.